The lowest BCUT2D eigenvalue weighted by atomic mass is 9.90. The van der Waals surface area contributed by atoms with E-state index in [0.717, 1.165) is 12.0 Å². The molecule has 5 atom stereocenters. The number of aliphatic hydroxyl groups excluding tert-OH is 1. The number of aliphatic hydroxyl groups is 1. The molecule has 2 saturated heterocycles. The average Bonchev–Trinajstić information content (AvgIpc) is 3.52. The summed E-state index contributed by atoms with van der Waals surface area (Å²) in [5.74, 6) is 0.0184. The Bertz CT molecular complexity index is 1150. The Labute approximate surface area is 224 Å². The first-order valence-electron chi connectivity index (χ1n) is 12.9. The molecule has 2 aromatic carbocycles. The molecule has 0 aliphatic carbocycles. The Morgan fingerprint density at radius 1 is 1.18 bits per heavy atom. The van der Waals surface area contributed by atoms with Gasteiger partial charge in [-0.15, -0.1) is 0 Å². The molecule has 2 aliphatic heterocycles. The Kier molecular flexibility index (Phi) is 9.74. The maximum atomic E-state index is 13.4. The van der Waals surface area contributed by atoms with Crippen molar-refractivity contribution < 1.29 is 32.5 Å². The molecule has 10 nitrogen and oxygen atoms in total. The van der Waals surface area contributed by atoms with Gasteiger partial charge >= 0.3 is 0 Å². The molecule has 2 aliphatic rings. The number of hydrogen-bond acceptors (Lipinski definition) is 8. The fourth-order valence-electron chi connectivity index (χ4n) is 5.04. The van der Waals surface area contributed by atoms with Crippen LogP contribution in [0, 0.1) is 11.8 Å². The highest BCUT2D eigenvalue weighted by Gasteiger charge is 2.42. The summed E-state index contributed by atoms with van der Waals surface area (Å²) < 4.78 is 44.4. The van der Waals surface area contributed by atoms with Crippen LogP contribution >= 0.6 is 0 Å². The first-order chi connectivity index (χ1) is 18.3. The fraction of sp³-hybridized carbons (Fsp3) is 0.519. The Balaban J connectivity index is 1.49. The SMILES string of the molecule is COCCN(CC(O)[C@H](Cc1ccccc1)NC(=O)C[C@H]1CO[C@H]2OCC[C@@H]12)S(=O)(=O)c1ccc(N)cc1. The molecule has 1 amide bonds. The van der Waals surface area contributed by atoms with Crippen LogP contribution in [-0.2, 0) is 35.4 Å². The third-order valence-corrected chi connectivity index (χ3v) is 9.05. The zero-order chi connectivity index (χ0) is 27.1. The van der Waals surface area contributed by atoms with Crippen LogP contribution in [0.2, 0.25) is 0 Å². The molecule has 11 heteroatoms. The van der Waals surface area contributed by atoms with Crippen molar-refractivity contribution in [3.8, 4) is 0 Å². The second-order valence-corrected chi connectivity index (χ2v) is 11.8. The minimum Gasteiger partial charge on any atom is -0.399 e. The van der Waals surface area contributed by atoms with Crippen LogP contribution in [0.3, 0.4) is 0 Å². The second-order valence-electron chi connectivity index (χ2n) is 9.85. The molecule has 2 aromatic rings. The number of sulfonamides is 1. The number of nitrogens with one attached hydrogen (secondary N) is 1. The van der Waals surface area contributed by atoms with E-state index in [2.05, 4.69) is 5.32 Å². The van der Waals surface area contributed by atoms with Crippen molar-refractivity contribution in [2.75, 3.05) is 45.8 Å². The maximum Gasteiger partial charge on any atom is 0.243 e. The number of nitrogen functional groups attached to an aromatic ring is 1. The van der Waals surface area contributed by atoms with E-state index in [-0.39, 0.29) is 55.0 Å². The third kappa shape index (κ3) is 7.10. The van der Waals surface area contributed by atoms with Crippen molar-refractivity contribution in [3.63, 3.8) is 0 Å². The first-order valence-corrected chi connectivity index (χ1v) is 14.3. The lowest BCUT2D eigenvalue weighted by Gasteiger charge is -2.30. The predicted molar refractivity (Wildman–Crippen MR) is 141 cm³/mol. The largest absolute Gasteiger partial charge is 0.399 e. The van der Waals surface area contributed by atoms with E-state index in [1.165, 1.54) is 35.7 Å². The number of rotatable bonds is 13. The number of carbonyl (C=O) groups excluding carboxylic acids is 1. The summed E-state index contributed by atoms with van der Waals surface area (Å²) in [5.41, 5.74) is 7.09. The lowest BCUT2D eigenvalue weighted by molar-refractivity contribution is -0.124. The van der Waals surface area contributed by atoms with Crippen LogP contribution in [0.5, 0.6) is 0 Å². The van der Waals surface area contributed by atoms with Gasteiger partial charge in [0.15, 0.2) is 6.29 Å². The molecule has 0 saturated carbocycles. The molecule has 2 fully saturated rings. The van der Waals surface area contributed by atoms with E-state index in [4.69, 9.17) is 19.9 Å². The van der Waals surface area contributed by atoms with Gasteiger partial charge in [0.05, 0.1) is 36.9 Å². The minimum absolute atomic E-state index is 0.0365. The van der Waals surface area contributed by atoms with Gasteiger partial charge in [0.25, 0.3) is 0 Å². The summed E-state index contributed by atoms with van der Waals surface area (Å²) in [4.78, 5) is 13.2. The molecular weight excluding hydrogens is 510 g/mol. The number of fused-ring (bicyclic) bond motifs is 1. The summed E-state index contributed by atoms with van der Waals surface area (Å²) in [7, 11) is -2.47. The van der Waals surface area contributed by atoms with Gasteiger partial charge in [-0.25, -0.2) is 8.42 Å². The molecular formula is C27H37N3O7S. The van der Waals surface area contributed by atoms with Crippen LogP contribution in [0.25, 0.3) is 0 Å². The number of ether oxygens (including phenoxy) is 3. The van der Waals surface area contributed by atoms with Gasteiger partial charge in [0.2, 0.25) is 15.9 Å². The number of amides is 1. The Morgan fingerprint density at radius 3 is 2.63 bits per heavy atom. The van der Waals surface area contributed by atoms with Gasteiger partial charge in [-0.2, -0.15) is 4.31 Å². The van der Waals surface area contributed by atoms with Gasteiger partial charge in [-0.1, -0.05) is 30.3 Å². The van der Waals surface area contributed by atoms with E-state index < -0.39 is 22.2 Å². The molecule has 0 aromatic heterocycles. The van der Waals surface area contributed by atoms with E-state index in [0.29, 0.717) is 25.3 Å². The van der Waals surface area contributed by atoms with Crippen molar-refractivity contribution in [3.05, 3.63) is 60.2 Å². The number of nitrogens with zero attached hydrogens (tertiary/aromatic N) is 1. The number of benzene rings is 2. The molecule has 2 heterocycles. The van der Waals surface area contributed by atoms with Crippen molar-refractivity contribution in [2.45, 2.75) is 42.6 Å². The second kappa shape index (κ2) is 13.0. The highest BCUT2D eigenvalue weighted by atomic mass is 32.2. The molecule has 4 rings (SSSR count). The van der Waals surface area contributed by atoms with Crippen LogP contribution in [-0.4, -0.2) is 82.2 Å². The minimum atomic E-state index is -3.95. The topological polar surface area (TPSA) is 140 Å². The van der Waals surface area contributed by atoms with E-state index in [9.17, 15) is 18.3 Å². The van der Waals surface area contributed by atoms with Crippen molar-refractivity contribution in [2.24, 2.45) is 11.8 Å². The van der Waals surface area contributed by atoms with Gasteiger partial charge < -0.3 is 30.4 Å². The number of hydrogen-bond donors (Lipinski definition) is 3. The monoisotopic (exact) mass is 547 g/mol. The number of methoxy groups -OCH3 is 1. The van der Waals surface area contributed by atoms with Gasteiger partial charge in [0, 0.05) is 38.2 Å². The highest BCUT2D eigenvalue weighted by molar-refractivity contribution is 7.89. The van der Waals surface area contributed by atoms with E-state index in [1.54, 1.807) is 0 Å². The van der Waals surface area contributed by atoms with E-state index >= 15 is 0 Å². The van der Waals surface area contributed by atoms with Crippen molar-refractivity contribution >= 4 is 21.6 Å². The summed E-state index contributed by atoms with van der Waals surface area (Å²) in [6.07, 6.45) is 0.0215. The average molecular weight is 548 g/mol. The Hall–Kier alpha value is -2.54. The molecule has 4 N–H and O–H groups in total. The van der Waals surface area contributed by atoms with Crippen LogP contribution in [0.15, 0.2) is 59.5 Å². The summed E-state index contributed by atoms with van der Waals surface area (Å²) in [6.45, 7) is 1.04. The highest BCUT2D eigenvalue weighted by Crippen LogP contribution is 2.37. The van der Waals surface area contributed by atoms with Gasteiger partial charge in [0.1, 0.15) is 0 Å². The maximum absolute atomic E-state index is 13.4. The predicted octanol–water partition coefficient (Wildman–Crippen LogP) is 1.39. The van der Waals surface area contributed by atoms with Crippen LogP contribution in [0.4, 0.5) is 5.69 Å². The van der Waals surface area contributed by atoms with Gasteiger partial charge in [-0.05, 0) is 48.6 Å². The number of carbonyl (C=O) groups is 1. The third-order valence-electron chi connectivity index (χ3n) is 7.17. The zero-order valence-corrected chi connectivity index (χ0v) is 22.4. The standard InChI is InChI=1S/C27H37N3O7S/c1-35-14-12-30(38(33,34)22-9-7-21(28)8-10-22)17-25(31)24(15-19-5-3-2-4-6-19)29-26(32)16-20-18-37-27-23(20)11-13-36-27/h2-10,20,23-25,27,31H,11-18,28H2,1H3,(H,29,32)/t20-,23-,24-,25?,27+/m0/s1. The van der Waals surface area contributed by atoms with Crippen molar-refractivity contribution in [1.82, 2.24) is 9.62 Å². The molecule has 208 valence electrons. The van der Waals surface area contributed by atoms with E-state index in [1.807, 2.05) is 30.3 Å². The zero-order valence-electron chi connectivity index (χ0n) is 21.6. The van der Waals surface area contributed by atoms with Crippen LogP contribution < -0.4 is 11.1 Å². The van der Waals surface area contributed by atoms with Crippen LogP contribution in [0.1, 0.15) is 18.4 Å². The summed E-state index contributed by atoms with van der Waals surface area (Å²) in [6, 6.07) is 14.7. The smallest absolute Gasteiger partial charge is 0.243 e. The van der Waals surface area contributed by atoms with Crippen molar-refractivity contribution in [1.29, 1.82) is 0 Å². The number of anilines is 1. The molecule has 38 heavy (non-hydrogen) atoms. The molecule has 0 spiro atoms. The number of nitrogens with two attached hydrogens (primary N) is 1. The molecule has 0 radical (unpaired) electrons. The first kappa shape index (κ1) is 28.5. The quantitative estimate of drug-likeness (QED) is 0.320. The Morgan fingerprint density at radius 2 is 1.92 bits per heavy atom. The molecule has 0 bridgehead atoms. The summed E-state index contributed by atoms with van der Waals surface area (Å²) in [5, 5.41) is 14.3. The lowest BCUT2D eigenvalue weighted by Crippen LogP contribution is -2.51. The summed E-state index contributed by atoms with van der Waals surface area (Å²) >= 11 is 0. The fourth-order valence-corrected chi connectivity index (χ4v) is 6.49. The normalized spacial score (nSPS) is 22.8. The molecule has 1 unspecified atom stereocenters. The van der Waals surface area contributed by atoms with Gasteiger partial charge in [-0.3, -0.25) is 4.79 Å².